The molecule has 3 rings (SSSR count). The van der Waals surface area contributed by atoms with Gasteiger partial charge in [-0.05, 0) is 24.5 Å². The van der Waals surface area contributed by atoms with Gasteiger partial charge >= 0.3 is 0 Å². The molecule has 0 atom stereocenters. The lowest BCUT2D eigenvalue weighted by Crippen LogP contribution is -2.14. The largest absolute Gasteiger partial charge is 0.326 e. The van der Waals surface area contributed by atoms with E-state index in [1.54, 1.807) is 4.52 Å². The van der Waals surface area contributed by atoms with E-state index in [0.717, 1.165) is 39.0 Å². The van der Waals surface area contributed by atoms with Crippen LogP contribution in [0.5, 0.6) is 0 Å². The summed E-state index contributed by atoms with van der Waals surface area (Å²) in [5, 5.41) is 16.8. The number of carbonyl (C=O) groups is 1. The van der Waals surface area contributed by atoms with E-state index in [4.69, 9.17) is 0 Å². The van der Waals surface area contributed by atoms with Crippen LogP contribution < -0.4 is 5.32 Å². The third kappa shape index (κ3) is 3.71. The Morgan fingerprint density at radius 1 is 1.32 bits per heavy atom. The third-order valence-electron chi connectivity index (χ3n) is 4.14. The van der Waals surface area contributed by atoms with Crippen molar-refractivity contribution in [2.45, 2.75) is 52.9 Å². The molecule has 7 heteroatoms. The van der Waals surface area contributed by atoms with Crippen LogP contribution in [0.25, 0.3) is 4.96 Å². The smallest absolute Gasteiger partial charge is 0.234 e. The predicted octanol–water partition coefficient (Wildman–Crippen LogP) is 3.75. The molecule has 1 amide bonds. The van der Waals surface area contributed by atoms with E-state index in [1.165, 1.54) is 11.3 Å². The summed E-state index contributed by atoms with van der Waals surface area (Å²) < 4.78 is 1.79. The van der Waals surface area contributed by atoms with Gasteiger partial charge in [-0.1, -0.05) is 50.3 Å². The molecule has 6 nitrogen and oxygen atoms in total. The highest BCUT2D eigenvalue weighted by molar-refractivity contribution is 7.16. The molecule has 2 heterocycles. The minimum Gasteiger partial charge on any atom is -0.326 e. The predicted molar refractivity (Wildman–Crippen MR) is 100 cm³/mol. The quantitative estimate of drug-likeness (QED) is 0.729. The Labute approximate surface area is 151 Å². The molecule has 0 saturated carbocycles. The lowest BCUT2D eigenvalue weighted by atomic mass is 10.1. The van der Waals surface area contributed by atoms with Gasteiger partial charge in [0.25, 0.3) is 0 Å². The van der Waals surface area contributed by atoms with Crippen LogP contribution in [0, 0.1) is 6.92 Å². The minimum atomic E-state index is 0.0130. The summed E-state index contributed by atoms with van der Waals surface area (Å²) in [5.41, 5.74) is 3.19. The highest BCUT2D eigenvalue weighted by atomic mass is 32.1. The first-order valence-corrected chi connectivity index (χ1v) is 9.40. The summed E-state index contributed by atoms with van der Waals surface area (Å²) in [6.45, 7) is 8.24. The summed E-state index contributed by atoms with van der Waals surface area (Å²) in [7, 11) is 0. The van der Waals surface area contributed by atoms with E-state index >= 15 is 0 Å². The number of aromatic nitrogens is 4. The number of carbonyl (C=O) groups excluding carboxylic acids is 1. The van der Waals surface area contributed by atoms with Crippen LogP contribution in [0.2, 0.25) is 0 Å². The molecule has 0 unspecified atom stereocenters. The van der Waals surface area contributed by atoms with Crippen molar-refractivity contribution in [3.8, 4) is 0 Å². The van der Waals surface area contributed by atoms with Crippen molar-refractivity contribution in [3.63, 3.8) is 0 Å². The van der Waals surface area contributed by atoms with Gasteiger partial charge in [0.15, 0.2) is 5.82 Å². The van der Waals surface area contributed by atoms with Gasteiger partial charge in [-0.25, -0.2) is 0 Å². The van der Waals surface area contributed by atoms with E-state index in [-0.39, 0.29) is 11.8 Å². The molecular weight excluding hydrogens is 334 g/mol. The molecule has 0 radical (unpaired) electrons. The normalized spacial score (nSPS) is 11.4. The summed E-state index contributed by atoms with van der Waals surface area (Å²) in [6.07, 6.45) is 1.90. The van der Waals surface area contributed by atoms with Crippen LogP contribution in [0.1, 0.15) is 55.1 Å². The van der Waals surface area contributed by atoms with E-state index in [2.05, 4.69) is 47.5 Å². The van der Waals surface area contributed by atoms with E-state index in [0.29, 0.717) is 12.8 Å². The molecule has 132 valence electrons. The summed E-state index contributed by atoms with van der Waals surface area (Å²) in [5.74, 6) is 1.13. The van der Waals surface area contributed by atoms with Crippen molar-refractivity contribution in [3.05, 3.63) is 40.2 Å². The maximum Gasteiger partial charge on any atom is 0.234 e. The number of anilines is 1. The molecule has 3 aromatic rings. The van der Waals surface area contributed by atoms with Crippen molar-refractivity contribution in [2.75, 3.05) is 5.32 Å². The van der Waals surface area contributed by atoms with Crippen molar-refractivity contribution in [1.29, 1.82) is 0 Å². The number of rotatable bonds is 6. The number of para-hydroxylation sites is 1. The average Bonchev–Trinajstić information content (AvgIpc) is 3.14. The number of fused-ring (bicyclic) bond motifs is 1. The van der Waals surface area contributed by atoms with E-state index in [9.17, 15) is 4.79 Å². The Morgan fingerprint density at radius 3 is 2.84 bits per heavy atom. The van der Waals surface area contributed by atoms with Crippen LogP contribution in [-0.4, -0.2) is 25.7 Å². The zero-order chi connectivity index (χ0) is 18.0. The van der Waals surface area contributed by atoms with Crippen molar-refractivity contribution < 1.29 is 4.79 Å². The zero-order valence-corrected chi connectivity index (χ0v) is 15.9. The monoisotopic (exact) mass is 357 g/mol. The fourth-order valence-electron chi connectivity index (χ4n) is 2.76. The average molecular weight is 357 g/mol. The van der Waals surface area contributed by atoms with E-state index in [1.807, 2.05) is 19.1 Å². The fraction of sp³-hybridized carbons (Fsp3) is 0.444. The molecule has 0 aliphatic heterocycles. The van der Waals surface area contributed by atoms with E-state index < -0.39 is 0 Å². The zero-order valence-electron chi connectivity index (χ0n) is 15.0. The number of hydrogen-bond donors (Lipinski definition) is 1. The first-order chi connectivity index (χ1) is 12.0. The van der Waals surface area contributed by atoms with Gasteiger partial charge < -0.3 is 5.32 Å². The molecule has 0 aliphatic carbocycles. The molecule has 0 aliphatic rings. The first kappa shape index (κ1) is 17.5. The second-order valence-corrected chi connectivity index (χ2v) is 7.45. The second-order valence-electron chi connectivity index (χ2n) is 6.41. The van der Waals surface area contributed by atoms with Gasteiger partial charge in [0.2, 0.25) is 10.9 Å². The van der Waals surface area contributed by atoms with Crippen LogP contribution in [0.4, 0.5) is 5.69 Å². The molecular formula is C18H23N5OS. The number of aryl methyl sites for hydroxylation is 3. The van der Waals surface area contributed by atoms with Crippen LogP contribution in [0.3, 0.4) is 0 Å². The maximum absolute atomic E-state index is 12.4. The van der Waals surface area contributed by atoms with Gasteiger partial charge in [0, 0.05) is 24.4 Å². The standard InChI is InChI=1S/C18H23N5OS/c1-5-13-8-6-7-12(4)16(13)19-14(24)9-10-15-22-23-17(11(2)3)20-21-18(23)25-15/h6-8,11H,5,9-10H2,1-4H3,(H,19,24). The highest BCUT2D eigenvalue weighted by Gasteiger charge is 2.15. The first-order valence-electron chi connectivity index (χ1n) is 8.59. The van der Waals surface area contributed by atoms with Gasteiger partial charge in [0.05, 0.1) is 0 Å². The molecule has 2 aromatic heterocycles. The van der Waals surface area contributed by atoms with Gasteiger partial charge in [-0.2, -0.15) is 9.61 Å². The van der Waals surface area contributed by atoms with Gasteiger partial charge in [-0.15, -0.1) is 10.2 Å². The number of benzene rings is 1. The van der Waals surface area contributed by atoms with Crippen molar-refractivity contribution in [2.24, 2.45) is 0 Å². The Morgan fingerprint density at radius 2 is 2.12 bits per heavy atom. The summed E-state index contributed by atoms with van der Waals surface area (Å²) in [4.78, 5) is 13.1. The minimum absolute atomic E-state index is 0.0130. The van der Waals surface area contributed by atoms with Crippen LogP contribution in [0.15, 0.2) is 18.2 Å². The number of amides is 1. The summed E-state index contributed by atoms with van der Waals surface area (Å²) in [6, 6.07) is 6.10. The van der Waals surface area contributed by atoms with Crippen LogP contribution in [-0.2, 0) is 17.6 Å². The molecule has 0 bridgehead atoms. The Bertz CT molecular complexity index is 896. The maximum atomic E-state index is 12.4. The molecule has 1 aromatic carbocycles. The molecule has 0 saturated heterocycles. The number of nitrogens with one attached hydrogen (secondary N) is 1. The van der Waals surface area contributed by atoms with Crippen molar-refractivity contribution >= 4 is 27.9 Å². The Balaban J connectivity index is 1.67. The molecule has 25 heavy (non-hydrogen) atoms. The van der Waals surface area contributed by atoms with Crippen LogP contribution >= 0.6 is 11.3 Å². The number of nitrogens with zero attached hydrogens (tertiary/aromatic N) is 4. The lowest BCUT2D eigenvalue weighted by Gasteiger charge is -2.12. The van der Waals surface area contributed by atoms with Gasteiger partial charge in [0.1, 0.15) is 5.01 Å². The topological polar surface area (TPSA) is 72.2 Å². The lowest BCUT2D eigenvalue weighted by molar-refractivity contribution is -0.116. The second kappa shape index (κ2) is 7.31. The molecule has 1 N–H and O–H groups in total. The highest BCUT2D eigenvalue weighted by Crippen LogP contribution is 2.22. The van der Waals surface area contributed by atoms with Gasteiger partial charge in [-0.3, -0.25) is 4.79 Å². The molecule has 0 fully saturated rings. The van der Waals surface area contributed by atoms with Crippen molar-refractivity contribution in [1.82, 2.24) is 19.8 Å². The SMILES string of the molecule is CCc1cccc(C)c1NC(=O)CCc1nn2c(C(C)C)nnc2s1. The summed E-state index contributed by atoms with van der Waals surface area (Å²) >= 11 is 1.49. The third-order valence-corrected chi connectivity index (χ3v) is 5.10. The Hall–Kier alpha value is -2.28. The fourth-order valence-corrected chi connectivity index (χ4v) is 3.60. The number of hydrogen-bond acceptors (Lipinski definition) is 5. The molecule has 0 spiro atoms. The Kier molecular flexibility index (Phi) is 5.13.